The third kappa shape index (κ3) is 6.35. The van der Waals surface area contributed by atoms with E-state index in [1.165, 1.54) is 44.9 Å². The van der Waals surface area contributed by atoms with E-state index >= 15 is 0 Å². The zero-order valence-corrected chi connectivity index (χ0v) is 25.7. The highest BCUT2D eigenvalue weighted by Crippen LogP contribution is 2.47. The van der Waals surface area contributed by atoms with Gasteiger partial charge in [0.1, 0.15) is 5.60 Å². The molecule has 2 aliphatic heterocycles. The van der Waals surface area contributed by atoms with Gasteiger partial charge in [-0.05, 0) is 89.7 Å². The highest BCUT2D eigenvalue weighted by molar-refractivity contribution is 6.44. The predicted octanol–water partition coefficient (Wildman–Crippen LogP) is 4.47. The van der Waals surface area contributed by atoms with E-state index in [1.807, 2.05) is 28.8 Å². The first-order valence-corrected chi connectivity index (χ1v) is 16.1. The Hall–Kier alpha value is -3.27. The van der Waals surface area contributed by atoms with Crippen LogP contribution in [0, 0.1) is 11.8 Å². The van der Waals surface area contributed by atoms with E-state index in [-0.39, 0.29) is 11.7 Å². The maximum atomic E-state index is 14.2. The second-order valence-corrected chi connectivity index (χ2v) is 14.1. The van der Waals surface area contributed by atoms with Gasteiger partial charge < -0.3 is 19.9 Å². The molecule has 1 amide bonds. The molecule has 1 aromatic heterocycles. The van der Waals surface area contributed by atoms with Crippen molar-refractivity contribution in [3.8, 4) is 0 Å². The zero-order chi connectivity index (χ0) is 30.3. The number of carbonyl (C=O) groups excluding carboxylic acids is 2. The van der Waals surface area contributed by atoms with Crippen LogP contribution in [0.2, 0.25) is 0 Å². The van der Waals surface area contributed by atoms with Gasteiger partial charge in [-0.1, -0.05) is 43.0 Å². The second kappa shape index (κ2) is 12.0. The molecule has 5 atom stereocenters. The lowest BCUT2D eigenvalue weighted by molar-refractivity contribution is -0.160. The Labute approximate surface area is 253 Å². The summed E-state index contributed by atoms with van der Waals surface area (Å²) in [5.74, 6) is 0.137. The molecular weight excluding hydrogens is 546 g/mol. The van der Waals surface area contributed by atoms with Crippen LogP contribution >= 0.6 is 0 Å². The lowest BCUT2D eigenvalue weighted by Crippen LogP contribution is -2.58. The quantitative estimate of drug-likeness (QED) is 0.286. The van der Waals surface area contributed by atoms with Gasteiger partial charge >= 0.3 is 5.97 Å². The van der Waals surface area contributed by atoms with Crippen molar-refractivity contribution in [2.75, 3.05) is 6.61 Å². The van der Waals surface area contributed by atoms with Gasteiger partial charge in [-0.25, -0.2) is 9.78 Å². The molecule has 6 rings (SSSR count). The lowest BCUT2D eigenvalue weighted by Gasteiger charge is -2.55. The number of rotatable bonds is 7. The number of amides is 1. The third-order valence-electron chi connectivity index (χ3n) is 9.91. The molecule has 1 aromatic carbocycles. The number of aromatic nitrogens is 2. The van der Waals surface area contributed by atoms with Crippen molar-refractivity contribution >= 4 is 28.6 Å². The van der Waals surface area contributed by atoms with Crippen molar-refractivity contribution in [2.45, 2.75) is 121 Å². The van der Waals surface area contributed by atoms with Crippen molar-refractivity contribution in [1.82, 2.24) is 14.5 Å². The van der Waals surface area contributed by atoms with Crippen LogP contribution in [0.25, 0.3) is 11.0 Å². The van der Waals surface area contributed by atoms with Gasteiger partial charge in [-0.15, -0.1) is 0 Å². The number of nitrogens with zero attached hydrogens (tertiary/aromatic N) is 4. The van der Waals surface area contributed by atoms with Gasteiger partial charge in [0.25, 0.3) is 11.5 Å². The maximum Gasteiger partial charge on any atom is 0.347 e. The number of hydrogen-bond acceptors (Lipinski definition) is 8. The minimum absolute atomic E-state index is 0.0365. The van der Waals surface area contributed by atoms with Gasteiger partial charge in [0.05, 0.1) is 11.0 Å². The van der Waals surface area contributed by atoms with Gasteiger partial charge in [0.15, 0.2) is 11.4 Å². The number of oxime groups is 1. The van der Waals surface area contributed by atoms with Crippen LogP contribution < -0.4 is 11.3 Å². The smallest absolute Gasteiger partial charge is 0.347 e. The van der Waals surface area contributed by atoms with Gasteiger partial charge in [0.2, 0.25) is 6.61 Å². The number of primary amides is 1. The summed E-state index contributed by atoms with van der Waals surface area (Å²) in [4.78, 5) is 51.4. The van der Waals surface area contributed by atoms with E-state index in [1.54, 1.807) is 20.8 Å². The Kier molecular flexibility index (Phi) is 8.33. The summed E-state index contributed by atoms with van der Waals surface area (Å²) in [6.07, 6.45) is 13.5. The Bertz CT molecular complexity index is 1440. The first kappa shape index (κ1) is 29.8. The molecule has 4 bridgehead atoms. The summed E-state index contributed by atoms with van der Waals surface area (Å²) in [5.41, 5.74) is 5.31. The molecule has 43 heavy (non-hydrogen) atoms. The molecule has 0 radical (unpaired) electrons. The van der Waals surface area contributed by atoms with Crippen molar-refractivity contribution in [2.24, 2.45) is 22.7 Å². The highest BCUT2D eigenvalue weighted by atomic mass is 16.7. The molecule has 2 aromatic rings. The number of nitrogens with two attached hydrogens (primary N) is 1. The number of para-hydroxylation sites is 2. The molecular formula is C33H45N5O5. The van der Waals surface area contributed by atoms with Crippen LogP contribution in [0.1, 0.15) is 103 Å². The molecule has 2 saturated heterocycles. The summed E-state index contributed by atoms with van der Waals surface area (Å²) in [7, 11) is 0. The van der Waals surface area contributed by atoms with Crippen LogP contribution in [0.15, 0.2) is 34.2 Å². The molecule has 2 N–H and O–H groups in total. The molecule has 10 nitrogen and oxygen atoms in total. The molecule has 3 unspecified atom stereocenters. The minimum Gasteiger partial charge on any atom is -0.457 e. The molecule has 3 heterocycles. The highest BCUT2D eigenvalue weighted by Gasteiger charge is 2.45. The van der Waals surface area contributed by atoms with E-state index < -0.39 is 35.4 Å². The Balaban J connectivity index is 1.30. The Morgan fingerprint density at radius 3 is 2.23 bits per heavy atom. The fourth-order valence-electron chi connectivity index (χ4n) is 8.53. The number of hydrogen-bond donors (Lipinski definition) is 1. The summed E-state index contributed by atoms with van der Waals surface area (Å²) < 4.78 is 7.06. The van der Waals surface area contributed by atoms with Gasteiger partial charge in [0, 0.05) is 24.2 Å². The van der Waals surface area contributed by atoms with Crippen LogP contribution in [-0.4, -0.2) is 62.4 Å². The van der Waals surface area contributed by atoms with Crippen molar-refractivity contribution in [3.05, 3.63) is 40.3 Å². The van der Waals surface area contributed by atoms with Crippen molar-refractivity contribution < 1.29 is 19.2 Å². The summed E-state index contributed by atoms with van der Waals surface area (Å²) in [5, 5.41) is 3.83. The van der Waals surface area contributed by atoms with E-state index in [4.69, 9.17) is 15.3 Å². The molecule has 2 saturated carbocycles. The van der Waals surface area contributed by atoms with E-state index in [9.17, 15) is 14.4 Å². The topological polar surface area (TPSA) is 129 Å². The molecule has 4 fully saturated rings. The monoisotopic (exact) mass is 591 g/mol. The van der Waals surface area contributed by atoms with Crippen LogP contribution in [0.5, 0.6) is 0 Å². The number of esters is 1. The number of ether oxygens (including phenoxy) is 1. The standard InChI is InChI=1S/C33H45N5O5/c1-33(2,3)43-28(39)19-42-36-29(31(34)40)30-32(41)38(27-13-5-4-12-26(27)35-30)25-17-22-10-7-11-23(18-25)37(22)24-15-20-8-6-9-21(14-20)16-24/h4-5,12-13,20-25H,6-11,14-19H2,1-3H3,(H2,34,40)/b36-29-/t20?,21?,22-,23+,24?,25?. The fourth-order valence-corrected chi connectivity index (χ4v) is 8.53. The molecule has 4 aliphatic rings. The average molecular weight is 592 g/mol. The number of fused-ring (bicyclic) bond motifs is 5. The van der Waals surface area contributed by atoms with Crippen molar-refractivity contribution in [1.29, 1.82) is 0 Å². The third-order valence-corrected chi connectivity index (χ3v) is 9.91. The zero-order valence-electron chi connectivity index (χ0n) is 25.7. The summed E-state index contributed by atoms with van der Waals surface area (Å²) >= 11 is 0. The summed E-state index contributed by atoms with van der Waals surface area (Å²) in [6.45, 7) is 4.69. The largest absolute Gasteiger partial charge is 0.457 e. The second-order valence-electron chi connectivity index (χ2n) is 14.1. The van der Waals surface area contributed by atoms with Crippen molar-refractivity contribution in [3.63, 3.8) is 0 Å². The predicted molar refractivity (Wildman–Crippen MR) is 164 cm³/mol. The normalized spacial score (nSPS) is 29.7. The molecule has 0 spiro atoms. The average Bonchev–Trinajstić information content (AvgIpc) is 2.93. The number of piperidine rings is 2. The van der Waals surface area contributed by atoms with E-state index in [0.717, 1.165) is 43.0 Å². The van der Waals surface area contributed by atoms with E-state index in [2.05, 4.69) is 15.0 Å². The number of carbonyl (C=O) groups is 2. The van der Waals surface area contributed by atoms with Gasteiger partial charge in [-0.2, -0.15) is 0 Å². The Morgan fingerprint density at radius 1 is 0.930 bits per heavy atom. The maximum absolute atomic E-state index is 14.2. The first-order valence-electron chi connectivity index (χ1n) is 16.1. The van der Waals surface area contributed by atoms with Crippen LogP contribution in [0.3, 0.4) is 0 Å². The van der Waals surface area contributed by atoms with Crippen LogP contribution in [0.4, 0.5) is 0 Å². The SMILES string of the molecule is CC(C)(C)OC(=O)CO/N=C(\C(N)=O)c1nc2ccccc2n(C2C[C@H]3CCC[C@@H](C2)N3C2CC3CCCC(C3)C2)c1=O. The van der Waals surface area contributed by atoms with E-state index in [0.29, 0.717) is 23.6 Å². The number of benzene rings is 1. The molecule has 2 aliphatic carbocycles. The van der Waals surface area contributed by atoms with Crippen LogP contribution in [-0.2, 0) is 19.2 Å². The minimum atomic E-state index is -0.954. The summed E-state index contributed by atoms with van der Waals surface area (Å²) in [6, 6.07) is 8.98. The molecule has 232 valence electrons. The Morgan fingerprint density at radius 2 is 1.58 bits per heavy atom. The fraction of sp³-hybridized carbons (Fsp3) is 0.667. The lowest BCUT2D eigenvalue weighted by atomic mass is 9.68. The first-order chi connectivity index (χ1) is 20.6. The molecule has 10 heteroatoms. The van der Waals surface area contributed by atoms with Gasteiger partial charge in [-0.3, -0.25) is 14.5 Å².